The van der Waals surface area contributed by atoms with Gasteiger partial charge in [-0.1, -0.05) is 44.2 Å². The second-order valence-electron chi connectivity index (χ2n) is 6.26. The number of carbonyl (C=O) groups excluding carboxylic acids is 2. The molecule has 0 aliphatic rings. The van der Waals surface area contributed by atoms with E-state index in [4.69, 9.17) is 9.47 Å². The van der Waals surface area contributed by atoms with Gasteiger partial charge in [0.15, 0.2) is 6.61 Å². The summed E-state index contributed by atoms with van der Waals surface area (Å²) >= 11 is 0. The van der Waals surface area contributed by atoms with Gasteiger partial charge < -0.3 is 9.47 Å². The molecule has 0 saturated heterocycles. The lowest BCUT2D eigenvalue weighted by atomic mass is 10.2. The summed E-state index contributed by atoms with van der Waals surface area (Å²) in [7, 11) is 0. The van der Waals surface area contributed by atoms with Gasteiger partial charge in [0.25, 0.3) is 11.8 Å². The van der Waals surface area contributed by atoms with Crippen molar-refractivity contribution in [3.05, 3.63) is 59.7 Å². The normalized spacial score (nSPS) is 10.3. The Morgan fingerprint density at radius 3 is 2.27 bits per heavy atom. The minimum absolute atomic E-state index is 0.198. The average Bonchev–Trinajstić information content (AvgIpc) is 2.64. The van der Waals surface area contributed by atoms with Crippen LogP contribution in [-0.4, -0.2) is 25.0 Å². The highest BCUT2D eigenvalue weighted by atomic mass is 16.5. The maximum atomic E-state index is 12.3. The first kappa shape index (κ1) is 19.3. The number of nitrogens with one attached hydrogen (secondary N) is 2. The summed E-state index contributed by atoms with van der Waals surface area (Å²) in [5, 5.41) is 0. The fourth-order valence-electron chi connectivity index (χ4n) is 2.13. The average molecular weight is 356 g/mol. The van der Waals surface area contributed by atoms with Crippen LogP contribution in [0.25, 0.3) is 0 Å². The molecule has 0 bridgehead atoms. The van der Waals surface area contributed by atoms with Gasteiger partial charge in [-0.15, -0.1) is 0 Å². The second-order valence-corrected chi connectivity index (χ2v) is 6.26. The van der Waals surface area contributed by atoms with Crippen LogP contribution in [0.3, 0.4) is 0 Å². The number of para-hydroxylation sites is 2. The zero-order valence-electron chi connectivity index (χ0n) is 15.2. The maximum absolute atomic E-state index is 12.3. The van der Waals surface area contributed by atoms with Crippen LogP contribution in [-0.2, 0) is 4.79 Å². The van der Waals surface area contributed by atoms with E-state index in [0.717, 1.165) is 5.56 Å². The Morgan fingerprint density at radius 1 is 0.923 bits per heavy atom. The SMILES string of the molecule is Cc1ccccc1OCC(=O)NNC(=O)c1ccccc1OCC(C)C. The van der Waals surface area contributed by atoms with Crippen molar-refractivity contribution in [1.82, 2.24) is 10.9 Å². The van der Waals surface area contributed by atoms with Gasteiger partial charge >= 0.3 is 0 Å². The lowest BCUT2D eigenvalue weighted by Gasteiger charge is -2.14. The molecule has 0 atom stereocenters. The molecule has 0 aliphatic carbocycles. The Labute approximate surface area is 153 Å². The van der Waals surface area contributed by atoms with Crippen molar-refractivity contribution in [1.29, 1.82) is 0 Å². The lowest BCUT2D eigenvalue weighted by molar-refractivity contribution is -0.123. The molecule has 0 radical (unpaired) electrons. The summed E-state index contributed by atoms with van der Waals surface area (Å²) in [6.45, 7) is 6.25. The Kier molecular flexibility index (Phi) is 7.02. The van der Waals surface area contributed by atoms with E-state index in [1.165, 1.54) is 0 Å². The van der Waals surface area contributed by atoms with Crippen molar-refractivity contribution >= 4 is 11.8 Å². The summed E-state index contributed by atoms with van der Waals surface area (Å²) in [5.41, 5.74) is 6.01. The predicted octanol–water partition coefficient (Wildman–Crippen LogP) is 2.87. The third-order valence-corrected chi connectivity index (χ3v) is 3.47. The molecule has 0 aromatic heterocycles. The van der Waals surface area contributed by atoms with E-state index < -0.39 is 11.8 Å². The van der Waals surface area contributed by atoms with Crippen LogP contribution in [0.2, 0.25) is 0 Å². The second kappa shape index (κ2) is 9.46. The van der Waals surface area contributed by atoms with E-state index in [1.54, 1.807) is 30.3 Å². The van der Waals surface area contributed by atoms with Crippen LogP contribution in [0.1, 0.15) is 29.8 Å². The lowest BCUT2D eigenvalue weighted by Crippen LogP contribution is -2.44. The van der Waals surface area contributed by atoms with Crippen molar-refractivity contribution in [3.8, 4) is 11.5 Å². The zero-order valence-corrected chi connectivity index (χ0v) is 15.2. The number of benzene rings is 2. The van der Waals surface area contributed by atoms with Crippen LogP contribution < -0.4 is 20.3 Å². The van der Waals surface area contributed by atoms with Crippen LogP contribution in [0, 0.1) is 12.8 Å². The monoisotopic (exact) mass is 356 g/mol. The smallest absolute Gasteiger partial charge is 0.276 e. The number of rotatable bonds is 7. The molecule has 2 N–H and O–H groups in total. The molecule has 26 heavy (non-hydrogen) atoms. The topological polar surface area (TPSA) is 76.7 Å². The Morgan fingerprint density at radius 2 is 1.58 bits per heavy atom. The summed E-state index contributed by atoms with van der Waals surface area (Å²) in [6.07, 6.45) is 0. The van der Waals surface area contributed by atoms with Crippen LogP contribution in [0.5, 0.6) is 11.5 Å². The molecule has 2 rings (SSSR count). The summed E-state index contributed by atoms with van der Waals surface area (Å²) < 4.78 is 11.1. The van der Waals surface area contributed by atoms with Crippen LogP contribution in [0.15, 0.2) is 48.5 Å². The molecule has 0 aliphatic heterocycles. The molecule has 6 heteroatoms. The van der Waals surface area contributed by atoms with Gasteiger partial charge in [-0.05, 0) is 36.6 Å². The Bertz CT molecular complexity index is 759. The molecule has 0 spiro atoms. The molecular formula is C20H24N2O4. The molecule has 2 amide bonds. The number of hydrogen-bond donors (Lipinski definition) is 2. The van der Waals surface area contributed by atoms with E-state index >= 15 is 0 Å². The van der Waals surface area contributed by atoms with Crippen LogP contribution >= 0.6 is 0 Å². The highest BCUT2D eigenvalue weighted by molar-refractivity contribution is 5.97. The number of aryl methyl sites for hydroxylation is 1. The summed E-state index contributed by atoms with van der Waals surface area (Å²) in [4.78, 5) is 24.2. The van der Waals surface area contributed by atoms with Crippen molar-refractivity contribution in [2.75, 3.05) is 13.2 Å². The standard InChI is InChI=1S/C20H24N2O4/c1-14(2)12-25-18-11-7-5-9-16(18)20(24)22-21-19(23)13-26-17-10-6-4-8-15(17)3/h4-11,14H,12-13H2,1-3H3,(H,21,23)(H,22,24). The van der Waals surface area contributed by atoms with Gasteiger partial charge in [-0.3, -0.25) is 20.4 Å². The Balaban J connectivity index is 1.86. The van der Waals surface area contributed by atoms with Crippen LogP contribution in [0.4, 0.5) is 0 Å². The molecule has 0 saturated carbocycles. The number of hydrogen-bond acceptors (Lipinski definition) is 4. The van der Waals surface area contributed by atoms with Gasteiger partial charge in [0, 0.05) is 0 Å². The Hall–Kier alpha value is -3.02. The fourth-order valence-corrected chi connectivity index (χ4v) is 2.13. The number of hydrazine groups is 1. The van der Waals surface area contributed by atoms with Crippen molar-refractivity contribution < 1.29 is 19.1 Å². The minimum atomic E-state index is -0.456. The largest absolute Gasteiger partial charge is 0.492 e. The minimum Gasteiger partial charge on any atom is -0.492 e. The highest BCUT2D eigenvalue weighted by Crippen LogP contribution is 2.18. The number of amides is 2. The van der Waals surface area contributed by atoms with E-state index in [2.05, 4.69) is 10.9 Å². The quantitative estimate of drug-likeness (QED) is 0.748. The molecule has 6 nitrogen and oxygen atoms in total. The third-order valence-electron chi connectivity index (χ3n) is 3.47. The first-order valence-electron chi connectivity index (χ1n) is 8.47. The predicted molar refractivity (Wildman–Crippen MR) is 99.1 cm³/mol. The van der Waals surface area contributed by atoms with E-state index in [9.17, 15) is 9.59 Å². The molecule has 2 aromatic rings. The summed E-state index contributed by atoms with van der Waals surface area (Å²) in [5.74, 6) is 0.533. The first-order chi connectivity index (χ1) is 12.5. The van der Waals surface area contributed by atoms with Crippen molar-refractivity contribution in [2.45, 2.75) is 20.8 Å². The van der Waals surface area contributed by atoms with E-state index in [0.29, 0.717) is 29.6 Å². The van der Waals surface area contributed by atoms with Gasteiger partial charge in [-0.25, -0.2) is 0 Å². The van der Waals surface area contributed by atoms with E-state index in [-0.39, 0.29) is 6.61 Å². The number of carbonyl (C=O) groups is 2. The zero-order chi connectivity index (χ0) is 18.9. The molecular weight excluding hydrogens is 332 g/mol. The maximum Gasteiger partial charge on any atom is 0.276 e. The van der Waals surface area contributed by atoms with Gasteiger partial charge in [0.2, 0.25) is 0 Å². The first-order valence-corrected chi connectivity index (χ1v) is 8.47. The van der Waals surface area contributed by atoms with Gasteiger partial charge in [0.05, 0.1) is 12.2 Å². The molecule has 138 valence electrons. The van der Waals surface area contributed by atoms with E-state index in [1.807, 2.05) is 39.0 Å². The molecule has 0 unspecified atom stereocenters. The third kappa shape index (κ3) is 5.81. The fraction of sp³-hybridized carbons (Fsp3) is 0.300. The molecule has 2 aromatic carbocycles. The molecule has 0 heterocycles. The van der Waals surface area contributed by atoms with Crippen molar-refractivity contribution in [3.63, 3.8) is 0 Å². The molecule has 0 fully saturated rings. The van der Waals surface area contributed by atoms with Gasteiger partial charge in [0.1, 0.15) is 11.5 Å². The number of ether oxygens (including phenoxy) is 2. The van der Waals surface area contributed by atoms with Gasteiger partial charge in [-0.2, -0.15) is 0 Å². The van der Waals surface area contributed by atoms with Crippen molar-refractivity contribution in [2.24, 2.45) is 5.92 Å². The highest BCUT2D eigenvalue weighted by Gasteiger charge is 2.13. The summed E-state index contributed by atoms with van der Waals surface area (Å²) in [6, 6.07) is 14.3.